The first-order valence-electron chi connectivity index (χ1n) is 6.73. The molecule has 1 unspecified atom stereocenters. The van der Waals surface area contributed by atoms with Crippen molar-refractivity contribution in [2.45, 2.75) is 45.2 Å². The second-order valence-electron chi connectivity index (χ2n) is 5.17. The number of carboxylic acid groups (broad SMARTS) is 1. The third-order valence-corrected chi connectivity index (χ3v) is 3.78. The molecule has 1 aromatic rings. The molecule has 0 spiro atoms. The molecule has 3 heteroatoms. The molecule has 1 saturated heterocycles. The molecule has 0 aliphatic carbocycles. The molecule has 1 heterocycles. The number of carboxylic acids is 1. The summed E-state index contributed by atoms with van der Waals surface area (Å²) in [6.45, 7) is 4.37. The zero-order valence-electron chi connectivity index (χ0n) is 10.9. The average molecular weight is 247 g/mol. The third kappa shape index (κ3) is 3.33. The standard InChI is InChI=1S/C15H21NO2/c1-12-5-3-2-4-10-16(12)11-13-6-8-14(9-7-13)15(17)18/h6-9,12H,2-5,10-11H2,1H3,(H,17,18). The summed E-state index contributed by atoms with van der Waals surface area (Å²) in [4.78, 5) is 13.3. The van der Waals surface area contributed by atoms with Gasteiger partial charge in [0.1, 0.15) is 0 Å². The summed E-state index contributed by atoms with van der Waals surface area (Å²) in [5.74, 6) is -0.857. The van der Waals surface area contributed by atoms with Gasteiger partial charge in [0.2, 0.25) is 0 Å². The molecule has 1 atom stereocenters. The van der Waals surface area contributed by atoms with Crippen LogP contribution in [0.15, 0.2) is 24.3 Å². The zero-order chi connectivity index (χ0) is 13.0. The Morgan fingerprint density at radius 1 is 1.28 bits per heavy atom. The number of benzene rings is 1. The minimum atomic E-state index is -0.857. The Balaban J connectivity index is 2.01. The van der Waals surface area contributed by atoms with Gasteiger partial charge >= 0.3 is 5.97 Å². The minimum Gasteiger partial charge on any atom is -0.478 e. The van der Waals surface area contributed by atoms with Gasteiger partial charge in [-0.3, -0.25) is 4.90 Å². The van der Waals surface area contributed by atoms with E-state index < -0.39 is 5.97 Å². The van der Waals surface area contributed by atoms with Crippen molar-refractivity contribution in [1.29, 1.82) is 0 Å². The molecular formula is C15H21NO2. The molecule has 1 aliphatic rings. The molecule has 2 rings (SSSR count). The molecule has 0 aromatic heterocycles. The Bertz CT molecular complexity index is 399. The van der Waals surface area contributed by atoms with Crippen LogP contribution in [0, 0.1) is 0 Å². The van der Waals surface area contributed by atoms with Crippen LogP contribution in [0.5, 0.6) is 0 Å². The number of carbonyl (C=O) groups is 1. The van der Waals surface area contributed by atoms with Crippen molar-refractivity contribution in [3.63, 3.8) is 0 Å². The van der Waals surface area contributed by atoms with Gasteiger partial charge in [-0.2, -0.15) is 0 Å². The van der Waals surface area contributed by atoms with Crippen LogP contribution in [0.25, 0.3) is 0 Å². The number of rotatable bonds is 3. The van der Waals surface area contributed by atoms with Crippen LogP contribution in [0.3, 0.4) is 0 Å². The van der Waals surface area contributed by atoms with Crippen molar-refractivity contribution >= 4 is 5.97 Å². The molecule has 1 fully saturated rings. The van der Waals surface area contributed by atoms with Crippen LogP contribution < -0.4 is 0 Å². The Kier molecular flexibility index (Phi) is 4.37. The second-order valence-corrected chi connectivity index (χ2v) is 5.17. The molecule has 98 valence electrons. The monoisotopic (exact) mass is 247 g/mol. The van der Waals surface area contributed by atoms with Gasteiger partial charge in [0, 0.05) is 12.6 Å². The summed E-state index contributed by atoms with van der Waals surface area (Å²) in [5, 5.41) is 8.87. The van der Waals surface area contributed by atoms with Gasteiger partial charge in [-0.05, 0) is 44.0 Å². The fraction of sp³-hybridized carbons (Fsp3) is 0.533. The topological polar surface area (TPSA) is 40.5 Å². The number of aromatic carboxylic acids is 1. The zero-order valence-corrected chi connectivity index (χ0v) is 10.9. The van der Waals surface area contributed by atoms with E-state index in [-0.39, 0.29) is 0 Å². The fourth-order valence-electron chi connectivity index (χ4n) is 2.56. The lowest BCUT2D eigenvalue weighted by Gasteiger charge is -2.26. The van der Waals surface area contributed by atoms with Gasteiger partial charge in [0.15, 0.2) is 0 Å². The molecule has 1 N–H and O–H groups in total. The van der Waals surface area contributed by atoms with Crippen molar-refractivity contribution in [3.8, 4) is 0 Å². The minimum absolute atomic E-state index is 0.364. The summed E-state index contributed by atoms with van der Waals surface area (Å²) >= 11 is 0. The van der Waals surface area contributed by atoms with Gasteiger partial charge in [-0.1, -0.05) is 25.0 Å². The molecule has 18 heavy (non-hydrogen) atoms. The van der Waals surface area contributed by atoms with Crippen LogP contribution in [0.4, 0.5) is 0 Å². The highest BCUT2D eigenvalue weighted by Crippen LogP contribution is 2.19. The molecule has 0 amide bonds. The quantitative estimate of drug-likeness (QED) is 0.892. The second kappa shape index (κ2) is 6.01. The van der Waals surface area contributed by atoms with Crippen LogP contribution in [0.2, 0.25) is 0 Å². The predicted octanol–water partition coefficient (Wildman–Crippen LogP) is 3.15. The Morgan fingerprint density at radius 3 is 2.67 bits per heavy atom. The van der Waals surface area contributed by atoms with E-state index in [1.807, 2.05) is 12.1 Å². The van der Waals surface area contributed by atoms with E-state index in [0.29, 0.717) is 11.6 Å². The van der Waals surface area contributed by atoms with Crippen molar-refractivity contribution in [3.05, 3.63) is 35.4 Å². The van der Waals surface area contributed by atoms with Gasteiger partial charge in [-0.25, -0.2) is 4.79 Å². The number of nitrogens with zero attached hydrogens (tertiary/aromatic N) is 1. The summed E-state index contributed by atoms with van der Waals surface area (Å²) in [7, 11) is 0. The van der Waals surface area contributed by atoms with E-state index in [0.717, 1.165) is 13.1 Å². The molecular weight excluding hydrogens is 226 g/mol. The Morgan fingerprint density at radius 2 is 2.00 bits per heavy atom. The lowest BCUT2D eigenvalue weighted by atomic mass is 10.1. The number of likely N-dealkylation sites (tertiary alicyclic amines) is 1. The van der Waals surface area contributed by atoms with E-state index >= 15 is 0 Å². The average Bonchev–Trinajstić information content (AvgIpc) is 2.56. The highest BCUT2D eigenvalue weighted by molar-refractivity contribution is 5.87. The Labute approximate surface area is 108 Å². The summed E-state index contributed by atoms with van der Waals surface area (Å²) in [6, 6.07) is 7.88. The molecule has 1 aliphatic heterocycles. The van der Waals surface area contributed by atoms with E-state index in [4.69, 9.17) is 5.11 Å². The SMILES string of the molecule is CC1CCCCCN1Cc1ccc(C(=O)O)cc1. The normalized spacial score (nSPS) is 21.5. The van der Waals surface area contributed by atoms with E-state index in [2.05, 4.69) is 11.8 Å². The van der Waals surface area contributed by atoms with Crippen molar-refractivity contribution in [1.82, 2.24) is 4.90 Å². The fourth-order valence-corrected chi connectivity index (χ4v) is 2.56. The number of hydrogen-bond acceptors (Lipinski definition) is 2. The van der Waals surface area contributed by atoms with Gasteiger partial charge in [-0.15, -0.1) is 0 Å². The van der Waals surface area contributed by atoms with Crippen molar-refractivity contribution in [2.24, 2.45) is 0 Å². The molecule has 1 aromatic carbocycles. The van der Waals surface area contributed by atoms with Gasteiger partial charge in [0.05, 0.1) is 5.56 Å². The van der Waals surface area contributed by atoms with E-state index in [9.17, 15) is 4.79 Å². The first-order chi connectivity index (χ1) is 8.66. The van der Waals surface area contributed by atoms with E-state index in [1.165, 1.54) is 31.2 Å². The molecule has 0 saturated carbocycles. The highest BCUT2D eigenvalue weighted by atomic mass is 16.4. The van der Waals surface area contributed by atoms with Gasteiger partial charge in [0.25, 0.3) is 0 Å². The summed E-state index contributed by atoms with van der Waals surface area (Å²) in [6.07, 6.45) is 5.21. The largest absolute Gasteiger partial charge is 0.478 e. The molecule has 0 radical (unpaired) electrons. The lowest BCUT2D eigenvalue weighted by Crippen LogP contribution is -2.31. The van der Waals surface area contributed by atoms with Crippen molar-refractivity contribution < 1.29 is 9.90 Å². The first-order valence-corrected chi connectivity index (χ1v) is 6.73. The Hall–Kier alpha value is -1.35. The smallest absolute Gasteiger partial charge is 0.335 e. The maximum Gasteiger partial charge on any atom is 0.335 e. The highest BCUT2D eigenvalue weighted by Gasteiger charge is 2.16. The molecule has 3 nitrogen and oxygen atoms in total. The summed E-state index contributed by atoms with van der Waals surface area (Å²) in [5.41, 5.74) is 1.57. The van der Waals surface area contributed by atoms with Crippen molar-refractivity contribution in [2.75, 3.05) is 6.54 Å². The van der Waals surface area contributed by atoms with E-state index in [1.54, 1.807) is 12.1 Å². The van der Waals surface area contributed by atoms with Crippen LogP contribution >= 0.6 is 0 Å². The van der Waals surface area contributed by atoms with Gasteiger partial charge < -0.3 is 5.11 Å². The van der Waals surface area contributed by atoms with Crippen LogP contribution in [-0.4, -0.2) is 28.6 Å². The maximum atomic E-state index is 10.8. The third-order valence-electron chi connectivity index (χ3n) is 3.78. The maximum absolute atomic E-state index is 10.8. The summed E-state index contributed by atoms with van der Waals surface area (Å²) < 4.78 is 0. The van der Waals surface area contributed by atoms with Crippen LogP contribution in [0.1, 0.15) is 48.5 Å². The predicted molar refractivity (Wildman–Crippen MR) is 71.7 cm³/mol. The molecule has 0 bridgehead atoms. The van der Waals surface area contributed by atoms with Crippen LogP contribution in [-0.2, 0) is 6.54 Å². The first kappa shape index (κ1) is 13.1. The number of hydrogen-bond donors (Lipinski definition) is 1. The lowest BCUT2D eigenvalue weighted by molar-refractivity contribution is 0.0697.